The summed E-state index contributed by atoms with van der Waals surface area (Å²) in [6.07, 6.45) is -1.75. The molecule has 0 spiro atoms. The zero-order valence-corrected chi connectivity index (χ0v) is 12.3. The third-order valence-corrected chi connectivity index (χ3v) is 3.91. The van der Waals surface area contributed by atoms with E-state index >= 15 is 0 Å². The van der Waals surface area contributed by atoms with Crippen LogP contribution < -0.4 is 0 Å². The minimum absolute atomic E-state index is 0.352. The zero-order valence-electron chi connectivity index (χ0n) is 11.5. The molecule has 0 radical (unpaired) electrons. The summed E-state index contributed by atoms with van der Waals surface area (Å²) < 4.78 is 40.0. The second-order valence-corrected chi connectivity index (χ2v) is 5.71. The maximum absolute atomic E-state index is 12.9. The Morgan fingerprint density at radius 3 is 2.73 bits per heavy atom. The van der Waals surface area contributed by atoms with Gasteiger partial charge in [-0.25, -0.2) is 4.98 Å². The van der Waals surface area contributed by atoms with Gasteiger partial charge in [-0.15, -0.1) is 22.0 Å². The summed E-state index contributed by atoms with van der Waals surface area (Å²) in [6, 6.07) is 5.81. The van der Waals surface area contributed by atoms with Gasteiger partial charge in [0.15, 0.2) is 11.5 Å². The van der Waals surface area contributed by atoms with Crippen LogP contribution in [0.2, 0.25) is 0 Å². The minimum Gasteiger partial charge on any atom is -0.282 e. The van der Waals surface area contributed by atoms with Crippen LogP contribution in [0.3, 0.4) is 0 Å². The highest BCUT2D eigenvalue weighted by atomic mass is 32.2. The van der Waals surface area contributed by atoms with Crippen LogP contribution in [0.1, 0.15) is 12.5 Å². The van der Waals surface area contributed by atoms with Gasteiger partial charge in [-0.1, -0.05) is 6.92 Å². The van der Waals surface area contributed by atoms with Gasteiger partial charge in [0.2, 0.25) is 0 Å². The van der Waals surface area contributed by atoms with Gasteiger partial charge in [0.25, 0.3) is 0 Å². The van der Waals surface area contributed by atoms with E-state index in [1.165, 1.54) is 22.2 Å². The molecule has 0 fully saturated rings. The normalized spacial score (nSPS) is 12.0. The van der Waals surface area contributed by atoms with Gasteiger partial charge >= 0.3 is 6.18 Å². The number of alkyl halides is 3. The van der Waals surface area contributed by atoms with E-state index in [1.54, 1.807) is 18.3 Å². The van der Waals surface area contributed by atoms with Crippen LogP contribution in [0.25, 0.3) is 17.0 Å². The van der Waals surface area contributed by atoms with E-state index in [-0.39, 0.29) is 0 Å². The summed E-state index contributed by atoms with van der Waals surface area (Å²) >= 11 is 1.50. The highest BCUT2D eigenvalue weighted by Crippen LogP contribution is 2.32. The highest BCUT2D eigenvalue weighted by Gasteiger charge is 2.31. The molecule has 0 saturated heterocycles. The van der Waals surface area contributed by atoms with Gasteiger partial charge in [-0.05, 0) is 30.0 Å². The van der Waals surface area contributed by atoms with E-state index < -0.39 is 11.7 Å². The standard InChI is InChI=1S/C14H11F3N4S/c1-2-22-13-10(4-3-7-18-13)12-20-19-11-6-5-9(8-21(11)12)14(15,16)17/h3-8H,2H2,1H3. The molecule has 3 rings (SSSR count). The predicted molar refractivity (Wildman–Crippen MR) is 77.6 cm³/mol. The Labute approximate surface area is 128 Å². The van der Waals surface area contributed by atoms with Crippen molar-refractivity contribution < 1.29 is 13.2 Å². The number of thioether (sulfide) groups is 1. The van der Waals surface area contributed by atoms with Gasteiger partial charge in [0, 0.05) is 12.4 Å². The number of rotatable bonds is 3. The lowest BCUT2D eigenvalue weighted by Crippen LogP contribution is -2.06. The average Bonchev–Trinajstić information content (AvgIpc) is 2.90. The maximum atomic E-state index is 12.9. The molecule has 0 unspecified atom stereocenters. The van der Waals surface area contributed by atoms with Gasteiger partial charge in [-0.2, -0.15) is 13.2 Å². The minimum atomic E-state index is -4.41. The van der Waals surface area contributed by atoms with Gasteiger partial charge < -0.3 is 0 Å². The fraction of sp³-hybridized carbons (Fsp3) is 0.214. The largest absolute Gasteiger partial charge is 0.417 e. The number of halogens is 3. The van der Waals surface area contributed by atoms with Crippen LogP contribution in [0.5, 0.6) is 0 Å². The molecule has 0 aliphatic heterocycles. The molecule has 0 aromatic carbocycles. The third-order valence-electron chi connectivity index (χ3n) is 3.02. The molecule has 0 aliphatic carbocycles. The summed E-state index contributed by atoms with van der Waals surface area (Å²) in [4.78, 5) is 4.26. The molecule has 0 amide bonds. The smallest absolute Gasteiger partial charge is 0.282 e. The molecule has 0 bridgehead atoms. The van der Waals surface area contributed by atoms with Crippen LogP contribution in [0, 0.1) is 0 Å². The molecule has 4 nitrogen and oxygen atoms in total. The molecule has 3 aromatic rings. The lowest BCUT2D eigenvalue weighted by molar-refractivity contribution is -0.137. The topological polar surface area (TPSA) is 43.1 Å². The van der Waals surface area contributed by atoms with E-state index in [4.69, 9.17) is 0 Å². The number of nitrogens with zero attached hydrogens (tertiary/aromatic N) is 4. The maximum Gasteiger partial charge on any atom is 0.417 e. The van der Waals surface area contributed by atoms with Crippen molar-refractivity contribution in [3.8, 4) is 11.4 Å². The van der Waals surface area contributed by atoms with Crippen molar-refractivity contribution in [2.45, 2.75) is 18.1 Å². The Balaban J connectivity index is 2.19. The quantitative estimate of drug-likeness (QED) is 0.685. The van der Waals surface area contributed by atoms with E-state index in [2.05, 4.69) is 15.2 Å². The molecular formula is C14H11F3N4S. The summed E-state index contributed by atoms with van der Waals surface area (Å²) in [5.41, 5.74) is 0.287. The molecule has 8 heteroatoms. The number of fused-ring (bicyclic) bond motifs is 1. The van der Waals surface area contributed by atoms with E-state index in [9.17, 15) is 13.2 Å². The molecule has 3 heterocycles. The third kappa shape index (κ3) is 2.66. The molecule has 0 atom stereocenters. The molecule has 114 valence electrons. The number of hydrogen-bond donors (Lipinski definition) is 0. The van der Waals surface area contributed by atoms with Crippen LogP contribution >= 0.6 is 11.8 Å². The summed E-state index contributed by atoms with van der Waals surface area (Å²) in [5.74, 6) is 1.15. The molecule has 0 aliphatic rings. The number of aromatic nitrogens is 4. The number of pyridine rings is 2. The van der Waals surface area contributed by atoms with Crippen LogP contribution in [-0.4, -0.2) is 25.3 Å². The highest BCUT2D eigenvalue weighted by molar-refractivity contribution is 7.99. The van der Waals surface area contributed by atoms with E-state index in [0.717, 1.165) is 23.0 Å². The van der Waals surface area contributed by atoms with Crippen LogP contribution in [0.4, 0.5) is 13.2 Å². The van der Waals surface area contributed by atoms with Gasteiger partial charge in [-0.3, -0.25) is 4.40 Å². The summed E-state index contributed by atoms with van der Waals surface area (Å²) in [5, 5.41) is 8.67. The fourth-order valence-corrected chi connectivity index (χ4v) is 2.78. The number of hydrogen-bond acceptors (Lipinski definition) is 4. The Hall–Kier alpha value is -2.09. The van der Waals surface area contributed by atoms with Crippen LogP contribution in [-0.2, 0) is 6.18 Å². The summed E-state index contributed by atoms with van der Waals surface area (Å²) in [6.45, 7) is 1.98. The lowest BCUT2D eigenvalue weighted by atomic mass is 10.2. The van der Waals surface area contributed by atoms with Gasteiger partial charge in [0.1, 0.15) is 5.03 Å². The van der Waals surface area contributed by atoms with Crippen molar-refractivity contribution in [1.82, 2.24) is 19.6 Å². The summed E-state index contributed by atoms with van der Waals surface area (Å²) in [7, 11) is 0. The van der Waals surface area contributed by atoms with Gasteiger partial charge in [0.05, 0.1) is 11.1 Å². The molecule has 0 N–H and O–H groups in total. The monoisotopic (exact) mass is 324 g/mol. The first-order chi connectivity index (χ1) is 10.5. The molecular weight excluding hydrogens is 313 g/mol. The Morgan fingerprint density at radius 2 is 2.00 bits per heavy atom. The first kappa shape index (κ1) is 14.8. The van der Waals surface area contributed by atoms with Crippen molar-refractivity contribution in [2.24, 2.45) is 0 Å². The average molecular weight is 324 g/mol. The SMILES string of the molecule is CCSc1ncccc1-c1nnc2ccc(C(F)(F)F)cn12. The van der Waals surface area contributed by atoms with Crippen molar-refractivity contribution in [2.75, 3.05) is 5.75 Å². The second-order valence-electron chi connectivity index (χ2n) is 4.46. The molecule has 3 aromatic heterocycles. The first-order valence-electron chi connectivity index (χ1n) is 6.51. The lowest BCUT2D eigenvalue weighted by Gasteiger charge is -2.08. The van der Waals surface area contributed by atoms with Crippen molar-refractivity contribution in [3.63, 3.8) is 0 Å². The van der Waals surface area contributed by atoms with Crippen molar-refractivity contribution in [1.29, 1.82) is 0 Å². The first-order valence-corrected chi connectivity index (χ1v) is 7.49. The van der Waals surface area contributed by atoms with Crippen molar-refractivity contribution in [3.05, 3.63) is 42.2 Å². The Bertz CT molecular complexity index is 813. The fourth-order valence-electron chi connectivity index (χ4n) is 2.05. The Kier molecular flexibility index (Phi) is 3.78. The van der Waals surface area contributed by atoms with Crippen LogP contribution in [0.15, 0.2) is 41.7 Å². The zero-order chi connectivity index (χ0) is 15.7. The molecule has 0 saturated carbocycles. The second kappa shape index (κ2) is 5.60. The predicted octanol–water partition coefficient (Wildman–Crippen LogP) is 3.92. The van der Waals surface area contributed by atoms with E-state index in [0.29, 0.717) is 17.0 Å². The van der Waals surface area contributed by atoms with E-state index in [1.807, 2.05) is 6.92 Å². The Morgan fingerprint density at radius 1 is 1.18 bits per heavy atom. The molecule has 22 heavy (non-hydrogen) atoms. The van der Waals surface area contributed by atoms with Crippen molar-refractivity contribution >= 4 is 17.4 Å².